The first kappa shape index (κ1) is 18.3. The molecule has 28 heavy (non-hydrogen) atoms. The molecule has 2 aromatic rings. The molecule has 0 aromatic heterocycles. The third-order valence-corrected chi connectivity index (χ3v) is 5.60. The van der Waals surface area contributed by atoms with Crippen molar-refractivity contribution in [1.82, 2.24) is 5.32 Å². The van der Waals surface area contributed by atoms with Gasteiger partial charge in [0.15, 0.2) is 11.5 Å². The Bertz CT molecular complexity index is 897. The van der Waals surface area contributed by atoms with Gasteiger partial charge in [-0.1, -0.05) is 18.2 Å². The molecule has 2 aliphatic rings. The molecule has 0 unspecified atom stereocenters. The van der Waals surface area contributed by atoms with Crippen LogP contribution in [-0.2, 0) is 16.0 Å². The Labute approximate surface area is 164 Å². The van der Waals surface area contributed by atoms with E-state index in [1.807, 2.05) is 42.5 Å². The van der Waals surface area contributed by atoms with E-state index >= 15 is 0 Å². The second-order valence-electron chi connectivity index (χ2n) is 7.25. The zero-order valence-corrected chi connectivity index (χ0v) is 16.1. The molecule has 6 heteroatoms. The van der Waals surface area contributed by atoms with Crippen LogP contribution in [0.25, 0.3) is 0 Å². The zero-order valence-electron chi connectivity index (χ0n) is 16.1. The number of fused-ring (bicyclic) bond motifs is 1. The van der Waals surface area contributed by atoms with Gasteiger partial charge in [0, 0.05) is 18.7 Å². The van der Waals surface area contributed by atoms with Crippen molar-refractivity contribution >= 4 is 17.5 Å². The molecule has 0 radical (unpaired) electrons. The predicted molar refractivity (Wildman–Crippen MR) is 106 cm³/mol. The topological polar surface area (TPSA) is 67.9 Å². The molecule has 0 saturated carbocycles. The van der Waals surface area contributed by atoms with Crippen LogP contribution in [0.2, 0.25) is 0 Å². The standard InChI is InChI=1S/C22H24N2O4/c1-27-19-10-14-8-9-18(17(14)12-20(19)28-2)23-22(26)15-11-21(25)24(13-15)16-6-4-3-5-7-16/h3-7,10,12,15,18H,8-9,11,13H2,1-2H3,(H,23,26)/t15-,18+/m1/s1. The first-order chi connectivity index (χ1) is 13.6. The summed E-state index contributed by atoms with van der Waals surface area (Å²) in [7, 11) is 3.23. The fourth-order valence-electron chi connectivity index (χ4n) is 4.11. The smallest absolute Gasteiger partial charge is 0.227 e. The highest BCUT2D eigenvalue weighted by molar-refractivity contribution is 6.00. The van der Waals surface area contributed by atoms with Crippen LogP contribution in [0.4, 0.5) is 5.69 Å². The van der Waals surface area contributed by atoms with E-state index in [4.69, 9.17) is 9.47 Å². The molecule has 0 spiro atoms. The molecule has 146 valence electrons. The molecule has 2 atom stereocenters. The van der Waals surface area contributed by atoms with E-state index in [1.165, 1.54) is 0 Å². The van der Waals surface area contributed by atoms with Crippen molar-refractivity contribution in [1.29, 1.82) is 0 Å². The summed E-state index contributed by atoms with van der Waals surface area (Å²) < 4.78 is 10.8. The molecule has 4 rings (SSSR count). The van der Waals surface area contributed by atoms with E-state index in [2.05, 4.69) is 5.32 Å². The highest BCUT2D eigenvalue weighted by Gasteiger charge is 2.36. The van der Waals surface area contributed by atoms with Crippen LogP contribution in [0.3, 0.4) is 0 Å². The lowest BCUT2D eigenvalue weighted by atomic mass is 10.0. The SMILES string of the molecule is COc1cc2c(cc1OC)[C@@H](NC(=O)[C@@H]1CC(=O)N(c3ccccc3)C1)CC2. The van der Waals surface area contributed by atoms with Crippen molar-refractivity contribution in [2.24, 2.45) is 5.92 Å². The van der Waals surface area contributed by atoms with Crippen molar-refractivity contribution in [2.75, 3.05) is 25.7 Å². The Hall–Kier alpha value is -3.02. The van der Waals surface area contributed by atoms with E-state index in [1.54, 1.807) is 19.1 Å². The van der Waals surface area contributed by atoms with Crippen molar-refractivity contribution in [3.8, 4) is 11.5 Å². The van der Waals surface area contributed by atoms with Crippen molar-refractivity contribution in [2.45, 2.75) is 25.3 Å². The Morgan fingerprint density at radius 2 is 1.82 bits per heavy atom. The van der Waals surface area contributed by atoms with Gasteiger partial charge in [-0.2, -0.15) is 0 Å². The minimum Gasteiger partial charge on any atom is -0.493 e. The number of benzene rings is 2. The highest BCUT2D eigenvalue weighted by atomic mass is 16.5. The molecule has 1 aliphatic heterocycles. The number of anilines is 1. The molecule has 1 saturated heterocycles. The van der Waals surface area contributed by atoms with Crippen molar-refractivity contribution in [3.63, 3.8) is 0 Å². The van der Waals surface area contributed by atoms with E-state index in [0.717, 1.165) is 29.7 Å². The average molecular weight is 380 g/mol. The van der Waals surface area contributed by atoms with Crippen LogP contribution in [-0.4, -0.2) is 32.6 Å². The number of para-hydroxylation sites is 1. The Morgan fingerprint density at radius 3 is 2.54 bits per heavy atom. The third-order valence-electron chi connectivity index (χ3n) is 5.60. The molecular weight excluding hydrogens is 356 g/mol. The summed E-state index contributed by atoms with van der Waals surface area (Å²) in [4.78, 5) is 27.0. The summed E-state index contributed by atoms with van der Waals surface area (Å²) in [5.74, 6) is 0.947. The summed E-state index contributed by atoms with van der Waals surface area (Å²) in [6.45, 7) is 0.417. The molecule has 1 fully saturated rings. The van der Waals surface area contributed by atoms with Gasteiger partial charge in [0.25, 0.3) is 0 Å². The van der Waals surface area contributed by atoms with Crippen LogP contribution in [0.15, 0.2) is 42.5 Å². The lowest BCUT2D eigenvalue weighted by Crippen LogP contribution is -2.34. The van der Waals surface area contributed by atoms with Gasteiger partial charge in [-0.25, -0.2) is 0 Å². The van der Waals surface area contributed by atoms with Crippen LogP contribution in [0, 0.1) is 5.92 Å². The maximum absolute atomic E-state index is 12.9. The number of methoxy groups -OCH3 is 2. The average Bonchev–Trinajstić information content (AvgIpc) is 3.30. The van der Waals surface area contributed by atoms with E-state index in [0.29, 0.717) is 18.0 Å². The van der Waals surface area contributed by atoms with Crippen molar-refractivity contribution < 1.29 is 19.1 Å². The summed E-state index contributed by atoms with van der Waals surface area (Å²) in [5.41, 5.74) is 3.07. The molecule has 2 amide bonds. The Balaban J connectivity index is 1.47. The van der Waals surface area contributed by atoms with Gasteiger partial charge in [-0.05, 0) is 48.2 Å². The quantitative estimate of drug-likeness (QED) is 0.866. The molecule has 0 bridgehead atoms. The number of hydrogen-bond donors (Lipinski definition) is 1. The normalized spacial score (nSPS) is 20.8. The fourth-order valence-corrected chi connectivity index (χ4v) is 4.11. The molecule has 1 heterocycles. The van der Waals surface area contributed by atoms with Gasteiger partial charge in [-0.3, -0.25) is 9.59 Å². The first-order valence-electron chi connectivity index (χ1n) is 9.51. The second kappa shape index (κ2) is 7.54. The van der Waals surface area contributed by atoms with Gasteiger partial charge in [0.05, 0.1) is 26.2 Å². The fraction of sp³-hybridized carbons (Fsp3) is 0.364. The summed E-state index contributed by atoms with van der Waals surface area (Å²) >= 11 is 0. The van der Waals surface area contributed by atoms with E-state index < -0.39 is 0 Å². The Kier molecular flexibility index (Phi) is 4.94. The number of carbonyl (C=O) groups is 2. The minimum absolute atomic E-state index is 0.00965. The van der Waals surface area contributed by atoms with Crippen LogP contribution < -0.4 is 19.7 Å². The number of hydrogen-bond acceptors (Lipinski definition) is 4. The second-order valence-corrected chi connectivity index (χ2v) is 7.25. The molecule has 2 aromatic carbocycles. The maximum Gasteiger partial charge on any atom is 0.227 e. The maximum atomic E-state index is 12.9. The van der Waals surface area contributed by atoms with Gasteiger partial charge in [0.1, 0.15) is 0 Å². The minimum atomic E-state index is -0.336. The van der Waals surface area contributed by atoms with E-state index in [-0.39, 0.29) is 30.2 Å². The molecule has 1 N–H and O–H groups in total. The van der Waals surface area contributed by atoms with Gasteiger partial charge in [0.2, 0.25) is 11.8 Å². The number of nitrogens with one attached hydrogen (secondary N) is 1. The highest BCUT2D eigenvalue weighted by Crippen LogP contribution is 2.39. The number of aryl methyl sites for hydroxylation is 1. The summed E-state index contributed by atoms with van der Waals surface area (Å²) in [5, 5.41) is 3.14. The van der Waals surface area contributed by atoms with Crippen LogP contribution in [0.1, 0.15) is 30.0 Å². The van der Waals surface area contributed by atoms with Gasteiger partial charge in [-0.15, -0.1) is 0 Å². The Morgan fingerprint density at radius 1 is 1.11 bits per heavy atom. The number of ether oxygens (including phenoxy) is 2. The molecule has 1 aliphatic carbocycles. The van der Waals surface area contributed by atoms with Crippen molar-refractivity contribution in [3.05, 3.63) is 53.6 Å². The lowest BCUT2D eigenvalue weighted by Gasteiger charge is -2.19. The van der Waals surface area contributed by atoms with Crippen LogP contribution >= 0.6 is 0 Å². The summed E-state index contributed by atoms with van der Waals surface area (Å²) in [6.07, 6.45) is 1.95. The van der Waals surface area contributed by atoms with Crippen LogP contribution in [0.5, 0.6) is 11.5 Å². The number of amides is 2. The molecular formula is C22H24N2O4. The zero-order chi connectivity index (χ0) is 19.7. The van der Waals surface area contributed by atoms with Gasteiger partial charge < -0.3 is 19.7 Å². The lowest BCUT2D eigenvalue weighted by molar-refractivity contribution is -0.127. The number of nitrogens with zero attached hydrogens (tertiary/aromatic N) is 1. The predicted octanol–water partition coefficient (Wildman–Crippen LogP) is 2.86. The summed E-state index contributed by atoms with van der Waals surface area (Å²) in [6, 6.07) is 13.4. The number of carbonyl (C=O) groups excluding carboxylic acids is 2. The first-order valence-corrected chi connectivity index (χ1v) is 9.51. The van der Waals surface area contributed by atoms with E-state index in [9.17, 15) is 9.59 Å². The number of rotatable bonds is 5. The largest absolute Gasteiger partial charge is 0.493 e. The third kappa shape index (κ3) is 3.30. The monoisotopic (exact) mass is 380 g/mol. The van der Waals surface area contributed by atoms with Gasteiger partial charge >= 0.3 is 0 Å². The molecule has 6 nitrogen and oxygen atoms in total.